The van der Waals surface area contributed by atoms with Crippen molar-refractivity contribution in [3.8, 4) is 0 Å². The topological polar surface area (TPSA) is 117 Å². The van der Waals surface area contributed by atoms with Crippen LogP contribution in [0.25, 0.3) is 0 Å². The van der Waals surface area contributed by atoms with Crippen LogP contribution in [0.3, 0.4) is 0 Å². The predicted molar refractivity (Wildman–Crippen MR) is 86.9 cm³/mol. The minimum Gasteiger partial charge on any atom is -0.445 e. The van der Waals surface area contributed by atoms with E-state index in [2.05, 4.69) is 16.0 Å². The van der Waals surface area contributed by atoms with Crippen molar-refractivity contribution in [2.24, 2.45) is 0 Å². The van der Waals surface area contributed by atoms with E-state index in [0.29, 0.717) is 0 Å². The first-order chi connectivity index (χ1) is 11.4. The molecule has 132 valence electrons. The number of ether oxygens (including phenoxy) is 1. The summed E-state index contributed by atoms with van der Waals surface area (Å²) in [5.41, 5.74) is 0.832. The number of alkyl carbamates (subject to hydrolysis) is 1. The normalized spacial score (nSPS) is 12.6. The largest absolute Gasteiger partial charge is 0.445 e. The maximum Gasteiger partial charge on any atom is 0.408 e. The zero-order chi connectivity index (χ0) is 17.9. The minimum atomic E-state index is -0.860. The Morgan fingerprint density at radius 3 is 2.29 bits per heavy atom. The maximum absolute atomic E-state index is 11.9. The average Bonchev–Trinajstić information content (AvgIpc) is 2.58. The van der Waals surface area contributed by atoms with E-state index in [9.17, 15) is 14.4 Å². The number of rotatable bonds is 8. The quantitative estimate of drug-likeness (QED) is 0.529. The van der Waals surface area contributed by atoms with Gasteiger partial charge in [0, 0.05) is 6.54 Å². The van der Waals surface area contributed by atoms with Crippen LogP contribution in [-0.4, -0.2) is 48.2 Å². The van der Waals surface area contributed by atoms with Crippen molar-refractivity contribution in [2.75, 3.05) is 13.2 Å². The summed E-state index contributed by atoms with van der Waals surface area (Å²) in [7, 11) is 0. The average molecular weight is 337 g/mol. The molecular weight excluding hydrogens is 314 g/mol. The molecular formula is C16H23N3O5. The fraction of sp³-hybridized carbons (Fsp3) is 0.438. The molecule has 1 aromatic carbocycles. The van der Waals surface area contributed by atoms with Gasteiger partial charge in [-0.15, -0.1) is 0 Å². The zero-order valence-corrected chi connectivity index (χ0v) is 13.7. The summed E-state index contributed by atoms with van der Waals surface area (Å²) in [6, 6.07) is 7.50. The van der Waals surface area contributed by atoms with Gasteiger partial charge < -0.3 is 25.8 Å². The van der Waals surface area contributed by atoms with Gasteiger partial charge in [0.25, 0.3) is 0 Å². The molecule has 24 heavy (non-hydrogen) atoms. The summed E-state index contributed by atoms with van der Waals surface area (Å²) in [4.78, 5) is 35.2. The minimum absolute atomic E-state index is 0.0982. The number of aliphatic hydroxyl groups excluding tert-OH is 1. The van der Waals surface area contributed by atoms with Crippen molar-refractivity contribution >= 4 is 17.9 Å². The van der Waals surface area contributed by atoms with E-state index in [1.54, 1.807) is 0 Å². The number of nitrogens with one attached hydrogen (secondary N) is 3. The predicted octanol–water partition coefficient (Wildman–Crippen LogP) is -0.0855. The molecule has 0 heterocycles. The van der Waals surface area contributed by atoms with E-state index in [4.69, 9.17) is 9.84 Å². The van der Waals surface area contributed by atoms with Gasteiger partial charge in [-0.1, -0.05) is 30.3 Å². The second kappa shape index (κ2) is 10.2. The van der Waals surface area contributed by atoms with Crippen molar-refractivity contribution < 1.29 is 24.2 Å². The Kier molecular flexibility index (Phi) is 8.28. The van der Waals surface area contributed by atoms with Gasteiger partial charge in [-0.2, -0.15) is 0 Å². The number of amides is 3. The SMILES string of the molecule is C[C@H](NC(=O)OCc1ccccc1)C(=O)N[C@H](C)C(=O)NCCO. The second-order valence-electron chi connectivity index (χ2n) is 5.17. The molecule has 8 heteroatoms. The summed E-state index contributed by atoms with van der Waals surface area (Å²) in [5.74, 6) is -0.936. The molecule has 0 radical (unpaired) electrons. The van der Waals surface area contributed by atoms with Gasteiger partial charge in [-0.05, 0) is 19.4 Å². The van der Waals surface area contributed by atoms with Crippen LogP contribution in [0.4, 0.5) is 4.79 Å². The van der Waals surface area contributed by atoms with Crippen molar-refractivity contribution in [2.45, 2.75) is 32.5 Å². The second-order valence-corrected chi connectivity index (χ2v) is 5.17. The molecule has 0 saturated carbocycles. The molecule has 8 nitrogen and oxygen atoms in total. The van der Waals surface area contributed by atoms with Crippen molar-refractivity contribution in [1.82, 2.24) is 16.0 Å². The molecule has 4 N–H and O–H groups in total. The molecule has 0 saturated heterocycles. The first-order valence-electron chi connectivity index (χ1n) is 7.60. The Labute approximate surface area is 140 Å². The van der Waals surface area contributed by atoms with E-state index in [1.807, 2.05) is 30.3 Å². The van der Waals surface area contributed by atoms with Crippen LogP contribution in [0.15, 0.2) is 30.3 Å². The Hall–Kier alpha value is -2.61. The summed E-state index contributed by atoms with van der Waals surface area (Å²) >= 11 is 0. The van der Waals surface area contributed by atoms with E-state index >= 15 is 0 Å². The van der Waals surface area contributed by atoms with Crippen LogP contribution in [-0.2, 0) is 20.9 Å². The number of carbonyl (C=O) groups is 3. The molecule has 0 aliphatic rings. The summed E-state index contributed by atoms with van der Waals surface area (Å²) < 4.78 is 5.02. The Morgan fingerprint density at radius 1 is 1.04 bits per heavy atom. The highest BCUT2D eigenvalue weighted by atomic mass is 16.5. The Balaban J connectivity index is 2.34. The molecule has 0 aliphatic heterocycles. The highest BCUT2D eigenvalue weighted by molar-refractivity contribution is 5.90. The highest BCUT2D eigenvalue weighted by Gasteiger charge is 2.21. The molecule has 0 unspecified atom stereocenters. The van der Waals surface area contributed by atoms with E-state index in [1.165, 1.54) is 13.8 Å². The molecule has 3 amide bonds. The summed E-state index contributed by atoms with van der Waals surface area (Å²) in [6.07, 6.45) is -0.723. The van der Waals surface area contributed by atoms with Gasteiger partial charge in [0.15, 0.2) is 0 Å². The molecule has 2 atom stereocenters. The number of hydrogen-bond donors (Lipinski definition) is 4. The monoisotopic (exact) mass is 337 g/mol. The molecule has 0 aliphatic carbocycles. The van der Waals surface area contributed by atoms with Crippen LogP contribution in [0.2, 0.25) is 0 Å². The summed E-state index contributed by atoms with van der Waals surface area (Å²) in [6.45, 7) is 3.01. The lowest BCUT2D eigenvalue weighted by Crippen LogP contribution is -2.52. The van der Waals surface area contributed by atoms with Gasteiger partial charge in [0.1, 0.15) is 18.7 Å². The van der Waals surface area contributed by atoms with Crippen LogP contribution in [0.5, 0.6) is 0 Å². The van der Waals surface area contributed by atoms with Crippen LogP contribution >= 0.6 is 0 Å². The number of hydrogen-bond acceptors (Lipinski definition) is 5. The molecule has 0 spiro atoms. The molecule has 0 fully saturated rings. The van der Waals surface area contributed by atoms with Crippen molar-refractivity contribution in [3.05, 3.63) is 35.9 Å². The summed E-state index contributed by atoms with van der Waals surface area (Å²) in [5, 5.41) is 15.9. The smallest absolute Gasteiger partial charge is 0.408 e. The van der Waals surface area contributed by atoms with E-state index in [-0.39, 0.29) is 19.8 Å². The van der Waals surface area contributed by atoms with Gasteiger partial charge in [-0.25, -0.2) is 4.79 Å². The maximum atomic E-state index is 11.9. The zero-order valence-electron chi connectivity index (χ0n) is 13.7. The fourth-order valence-corrected chi connectivity index (χ4v) is 1.74. The number of benzene rings is 1. The molecule has 1 rings (SSSR count). The third kappa shape index (κ3) is 7.10. The van der Waals surface area contributed by atoms with Gasteiger partial charge in [0.2, 0.25) is 11.8 Å². The standard InChI is InChI=1S/C16H23N3O5/c1-11(14(21)17-8-9-20)18-15(22)12(2)19-16(23)24-10-13-6-4-3-5-7-13/h3-7,11-12,20H,8-10H2,1-2H3,(H,17,21)(H,18,22)(H,19,23)/t11-,12+/m1/s1. The van der Waals surface area contributed by atoms with Gasteiger partial charge >= 0.3 is 6.09 Å². The lowest BCUT2D eigenvalue weighted by atomic mass is 10.2. The van der Waals surface area contributed by atoms with Crippen LogP contribution < -0.4 is 16.0 Å². The Morgan fingerprint density at radius 2 is 1.67 bits per heavy atom. The Bertz CT molecular complexity index is 550. The first-order valence-corrected chi connectivity index (χ1v) is 7.60. The van der Waals surface area contributed by atoms with Gasteiger partial charge in [-0.3, -0.25) is 9.59 Å². The lowest BCUT2D eigenvalue weighted by molar-refractivity contribution is -0.129. The van der Waals surface area contributed by atoms with Crippen LogP contribution in [0.1, 0.15) is 19.4 Å². The number of aliphatic hydroxyl groups is 1. The van der Waals surface area contributed by atoms with E-state index < -0.39 is 30.0 Å². The number of carbonyl (C=O) groups excluding carboxylic acids is 3. The van der Waals surface area contributed by atoms with E-state index in [0.717, 1.165) is 5.56 Å². The molecule has 1 aromatic rings. The van der Waals surface area contributed by atoms with Crippen molar-refractivity contribution in [1.29, 1.82) is 0 Å². The molecule has 0 aromatic heterocycles. The third-order valence-corrected chi connectivity index (χ3v) is 3.10. The van der Waals surface area contributed by atoms with Gasteiger partial charge in [0.05, 0.1) is 6.61 Å². The fourth-order valence-electron chi connectivity index (χ4n) is 1.74. The van der Waals surface area contributed by atoms with Crippen LogP contribution in [0, 0.1) is 0 Å². The molecule has 0 bridgehead atoms. The third-order valence-electron chi connectivity index (χ3n) is 3.10. The van der Waals surface area contributed by atoms with Crippen molar-refractivity contribution in [3.63, 3.8) is 0 Å². The highest BCUT2D eigenvalue weighted by Crippen LogP contribution is 2.00. The first kappa shape index (κ1) is 19.4. The lowest BCUT2D eigenvalue weighted by Gasteiger charge is -2.18.